The van der Waals surface area contributed by atoms with E-state index in [4.69, 9.17) is 0 Å². The number of fused-ring (bicyclic) bond motifs is 3. The molecule has 2 N–H and O–H groups in total. The molecule has 0 saturated heterocycles. The number of aromatic nitrogens is 1. The second-order valence-electron chi connectivity index (χ2n) is 5.37. The van der Waals surface area contributed by atoms with Gasteiger partial charge in [0.2, 0.25) is 0 Å². The van der Waals surface area contributed by atoms with Crippen LogP contribution in [0.2, 0.25) is 0 Å². The van der Waals surface area contributed by atoms with Crippen LogP contribution in [-0.4, -0.2) is 17.6 Å². The minimum Gasteiger partial charge on any atom is -0.382 e. The summed E-state index contributed by atoms with van der Waals surface area (Å²) in [5.41, 5.74) is 3.47. The van der Waals surface area contributed by atoms with Gasteiger partial charge >= 0.3 is 0 Å². The summed E-state index contributed by atoms with van der Waals surface area (Å²) in [5, 5.41) is 8.50. The van der Waals surface area contributed by atoms with E-state index >= 15 is 0 Å². The van der Waals surface area contributed by atoms with E-state index in [9.17, 15) is 0 Å². The molecular formula is C15H17N3. The van der Waals surface area contributed by atoms with Gasteiger partial charge in [0.25, 0.3) is 0 Å². The van der Waals surface area contributed by atoms with Gasteiger partial charge in [-0.15, -0.1) is 0 Å². The van der Waals surface area contributed by atoms with Crippen LogP contribution in [0.3, 0.4) is 0 Å². The molecule has 2 aliphatic rings. The van der Waals surface area contributed by atoms with Crippen LogP contribution in [0, 0.1) is 5.92 Å². The molecule has 1 aliphatic heterocycles. The highest BCUT2D eigenvalue weighted by Crippen LogP contribution is 2.40. The first-order chi connectivity index (χ1) is 8.92. The Balaban J connectivity index is 1.84. The molecule has 0 bridgehead atoms. The first-order valence-corrected chi connectivity index (χ1v) is 6.80. The zero-order valence-corrected chi connectivity index (χ0v) is 10.3. The van der Waals surface area contributed by atoms with E-state index in [0.29, 0.717) is 6.04 Å². The zero-order chi connectivity index (χ0) is 11.9. The van der Waals surface area contributed by atoms with Gasteiger partial charge in [-0.1, -0.05) is 18.2 Å². The highest BCUT2D eigenvalue weighted by molar-refractivity contribution is 5.97. The number of para-hydroxylation sites is 1. The number of benzene rings is 1. The number of nitrogens with zero attached hydrogens (tertiary/aromatic N) is 1. The standard InChI is InChI=1S/C15H17N3/c1-2-4-13-11(3-1)15-14(9-17-13)16-8-7-12(18-15)10-5-6-10/h1-4,9-10,12,16,18H,5-8H2. The van der Waals surface area contributed by atoms with Crippen molar-refractivity contribution in [3.8, 4) is 0 Å². The largest absolute Gasteiger partial charge is 0.382 e. The fraction of sp³-hybridized carbons (Fsp3) is 0.400. The fourth-order valence-electron chi connectivity index (χ4n) is 2.90. The van der Waals surface area contributed by atoms with Crippen molar-refractivity contribution in [1.82, 2.24) is 4.98 Å². The van der Waals surface area contributed by atoms with E-state index in [1.807, 2.05) is 12.3 Å². The SMILES string of the molecule is c1ccc2c3c(cnc2c1)NCCC(C1CC1)N3. The van der Waals surface area contributed by atoms with Gasteiger partial charge < -0.3 is 10.6 Å². The Morgan fingerprint density at radius 2 is 2.00 bits per heavy atom. The molecule has 1 aromatic carbocycles. The van der Waals surface area contributed by atoms with Crippen molar-refractivity contribution in [2.75, 3.05) is 17.2 Å². The number of nitrogens with one attached hydrogen (secondary N) is 2. The van der Waals surface area contributed by atoms with E-state index < -0.39 is 0 Å². The van der Waals surface area contributed by atoms with Crippen LogP contribution in [0.15, 0.2) is 30.5 Å². The molecule has 2 heterocycles. The number of anilines is 2. The van der Waals surface area contributed by atoms with Crippen LogP contribution in [0.4, 0.5) is 11.4 Å². The second kappa shape index (κ2) is 3.87. The van der Waals surface area contributed by atoms with Crippen LogP contribution < -0.4 is 10.6 Å². The van der Waals surface area contributed by atoms with Crippen LogP contribution in [0.5, 0.6) is 0 Å². The summed E-state index contributed by atoms with van der Waals surface area (Å²) in [6.07, 6.45) is 5.93. The summed E-state index contributed by atoms with van der Waals surface area (Å²) in [7, 11) is 0. The van der Waals surface area contributed by atoms with Crippen LogP contribution in [0.1, 0.15) is 19.3 Å². The second-order valence-corrected chi connectivity index (χ2v) is 5.37. The van der Waals surface area contributed by atoms with E-state index in [1.165, 1.54) is 30.3 Å². The molecule has 18 heavy (non-hydrogen) atoms. The van der Waals surface area contributed by atoms with Crippen molar-refractivity contribution in [1.29, 1.82) is 0 Å². The number of hydrogen-bond donors (Lipinski definition) is 2. The Hall–Kier alpha value is -1.77. The fourth-order valence-corrected chi connectivity index (χ4v) is 2.90. The van der Waals surface area contributed by atoms with E-state index in [1.54, 1.807) is 0 Å². The third-order valence-corrected chi connectivity index (χ3v) is 4.07. The lowest BCUT2D eigenvalue weighted by Crippen LogP contribution is -2.22. The molecule has 1 fully saturated rings. The topological polar surface area (TPSA) is 37.0 Å². The molecule has 0 spiro atoms. The first kappa shape index (κ1) is 10.2. The minimum absolute atomic E-state index is 0.629. The lowest BCUT2D eigenvalue weighted by atomic mass is 10.1. The Kier molecular flexibility index (Phi) is 2.19. The lowest BCUT2D eigenvalue weighted by Gasteiger charge is -2.18. The van der Waals surface area contributed by atoms with Gasteiger partial charge in [-0.25, -0.2) is 0 Å². The van der Waals surface area contributed by atoms with Crippen LogP contribution in [0.25, 0.3) is 10.9 Å². The molecule has 0 amide bonds. The molecule has 1 unspecified atom stereocenters. The maximum Gasteiger partial charge on any atom is 0.0769 e. The molecular weight excluding hydrogens is 222 g/mol. The van der Waals surface area contributed by atoms with E-state index in [0.717, 1.165) is 23.7 Å². The number of hydrogen-bond acceptors (Lipinski definition) is 3. The highest BCUT2D eigenvalue weighted by atomic mass is 15.0. The van der Waals surface area contributed by atoms with Gasteiger partial charge in [0.05, 0.1) is 23.1 Å². The number of pyridine rings is 1. The molecule has 2 aromatic rings. The summed E-state index contributed by atoms with van der Waals surface area (Å²) < 4.78 is 0. The Bertz CT molecular complexity index is 589. The van der Waals surface area contributed by atoms with Crippen molar-refractivity contribution < 1.29 is 0 Å². The van der Waals surface area contributed by atoms with Crippen molar-refractivity contribution >= 4 is 22.3 Å². The Morgan fingerprint density at radius 1 is 1.11 bits per heavy atom. The predicted molar refractivity (Wildman–Crippen MR) is 75.0 cm³/mol. The summed E-state index contributed by atoms with van der Waals surface area (Å²) >= 11 is 0. The molecule has 0 radical (unpaired) electrons. The highest BCUT2D eigenvalue weighted by Gasteiger charge is 2.32. The maximum atomic E-state index is 4.52. The van der Waals surface area contributed by atoms with Crippen molar-refractivity contribution in [2.45, 2.75) is 25.3 Å². The van der Waals surface area contributed by atoms with Crippen molar-refractivity contribution in [3.63, 3.8) is 0 Å². The Labute approximate surface area is 107 Å². The molecule has 1 aromatic heterocycles. The monoisotopic (exact) mass is 239 g/mol. The first-order valence-electron chi connectivity index (χ1n) is 6.80. The number of rotatable bonds is 1. The predicted octanol–water partition coefficient (Wildman–Crippen LogP) is 3.24. The molecule has 1 saturated carbocycles. The third kappa shape index (κ3) is 1.62. The average molecular weight is 239 g/mol. The summed E-state index contributed by atoms with van der Waals surface area (Å²) in [6, 6.07) is 9.00. The van der Waals surface area contributed by atoms with Crippen LogP contribution in [-0.2, 0) is 0 Å². The van der Waals surface area contributed by atoms with Gasteiger partial charge in [0, 0.05) is 18.0 Å². The maximum absolute atomic E-state index is 4.52. The van der Waals surface area contributed by atoms with Gasteiger partial charge in [0.15, 0.2) is 0 Å². The van der Waals surface area contributed by atoms with E-state index in [2.05, 4.69) is 33.8 Å². The normalized spacial score (nSPS) is 22.8. The van der Waals surface area contributed by atoms with Gasteiger partial charge in [-0.3, -0.25) is 4.98 Å². The van der Waals surface area contributed by atoms with Crippen LogP contribution >= 0.6 is 0 Å². The van der Waals surface area contributed by atoms with Gasteiger partial charge in [-0.2, -0.15) is 0 Å². The van der Waals surface area contributed by atoms with E-state index in [-0.39, 0.29) is 0 Å². The van der Waals surface area contributed by atoms with Crippen molar-refractivity contribution in [3.05, 3.63) is 30.5 Å². The quantitative estimate of drug-likeness (QED) is 0.802. The minimum atomic E-state index is 0.629. The average Bonchev–Trinajstić information content (AvgIpc) is 3.24. The molecule has 4 rings (SSSR count). The molecule has 1 atom stereocenters. The Morgan fingerprint density at radius 3 is 2.89 bits per heavy atom. The molecule has 3 nitrogen and oxygen atoms in total. The van der Waals surface area contributed by atoms with Gasteiger partial charge in [0.1, 0.15) is 0 Å². The third-order valence-electron chi connectivity index (χ3n) is 4.07. The smallest absolute Gasteiger partial charge is 0.0769 e. The summed E-state index contributed by atoms with van der Waals surface area (Å²) in [5.74, 6) is 0.879. The summed E-state index contributed by atoms with van der Waals surface area (Å²) in [6.45, 7) is 1.04. The van der Waals surface area contributed by atoms with Gasteiger partial charge in [-0.05, 0) is 31.2 Å². The summed E-state index contributed by atoms with van der Waals surface area (Å²) in [4.78, 5) is 4.52. The molecule has 92 valence electrons. The molecule has 1 aliphatic carbocycles. The molecule has 3 heteroatoms. The van der Waals surface area contributed by atoms with Crippen molar-refractivity contribution in [2.24, 2.45) is 5.92 Å². The zero-order valence-electron chi connectivity index (χ0n) is 10.3. The lowest BCUT2D eigenvalue weighted by molar-refractivity contribution is 0.609.